The number of esters is 1. The Bertz CT molecular complexity index is 476. The molecule has 1 atom stereocenters. The van der Waals surface area contributed by atoms with Crippen molar-refractivity contribution < 1.29 is 14.3 Å². The molecule has 20 heavy (non-hydrogen) atoms. The van der Waals surface area contributed by atoms with Crippen molar-refractivity contribution in [3.8, 4) is 5.75 Å². The van der Waals surface area contributed by atoms with Gasteiger partial charge in [-0.25, -0.2) is 4.79 Å². The van der Waals surface area contributed by atoms with Gasteiger partial charge < -0.3 is 20.1 Å². The van der Waals surface area contributed by atoms with Crippen LogP contribution in [0.15, 0.2) is 18.2 Å². The highest BCUT2D eigenvalue weighted by Gasteiger charge is 2.19. The minimum Gasteiger partial charge on any atom is -0.490 e. The van der Waals surface area contributed by atoms with Gasteiger partial charge in [0, 0.05) is 6.04 Å². The van der Waals surface area contributed by atoms with Gasteiger partial charge in [0.2, 0.25) is 0 Å². The molecule has 0 aromatic heterocycles. The lowest BCUT2D eigenvalue weighted by Gasteiger charge is -2.32. The van der Waals surface area contributed by atoms with Gasteiger partial charge in [0.15, 0.2) is 0 Å². The number of methoxy groups -OCH3 is 1. The number of likely N-dealkylation sites (tertiary alicyclic amines) is 1. The minimum atomic E-state index is -0.393. The molecule has 0 amide bonds. The van der Waals surface area contributed by atoms with E-state index < -0.39 is 5.97 Å². The lowest BCUT2D eigenvalue weighted by molar-refractivity contribution is 0.0600. The summed E-state index contributed by atoms with van der Waals surface area (Å²) in [6.45, 7) is 1.74. The van der Waals surface area contributed by atoms with E-state index in [1.54, 1.807) is 18.2 Å². The molecule has 1 aliphatic heterocycles. The summed E-state index contributed by atoms with van der Waals surface area (Å²) in [5.41, 5.74) is 6.82. The molecule has 0 aliphatic carbocycles. The summed E-state index contributed by atoms with van der Waals surface area (Å²) in [7, 11) is 3.47. The molecule has 1 aliphatic rings. The summed E-state index contributed by atoms with van der Waals surface area (Å²) in [4.78, 5) is 13.7. The smallest absolute Gasteiger partial charge is 0.337 e. The van der Waals surface area contributed by atoms with E-state index >= 15 is 0 Å². The molecule has 1 aromatic carbocycles. The Balaban J connectivity index is 1.97. The molecule has 110 valence electrons. The summed E-state index contributed by atoms with van der Waals surface area (Å²) in [6.07, 6.45) is 3.65. The number of nitrogens with two attached hydrogens (primary N) is 1. The van der Waals surface area contributed by atoms with Crippen molar-refractivity contribution in [2.75, 3.05) is 33.0 Å². The van der Waals surface area contributed by atoms with Crippen LogP contribution in [0.1, 0.15) is 29.6 Å². The van der Waals surface area contributed by atoms with E-state index in [1.165, 1.54) is 20.0 Å². The molecular weight excluding hydrogens is 256 g/mol. The maximum absolute atomic E-state index is 11.4. The average Bonchev–Trinajstić information content (AvgIpc) is 2.46. The van der Waals surface area contributed by atoms with E-state index in [2.05, 4.69) is 16.7 Å². The largest absolute Gasteiger partial charge is 0.490 e. The Kier molecular flexibility index (Phi) is 4.84. The number of rotatable bonds is 4. The zero-order chi connectivity index (χ0) is 14.5. The normalized spacial score (nSPS) is 19.6. The predicted octanol–water partition coefficient (Wildman–Crippen LogP) is 1.92. The van der Waals surface area contributed by atoms with E-state index in [0.29, 0.717) is 29.6 Å². The van der Waals surface area contributed by atoms with E-state index in [1.807, 2.05) is 0 Å². The van der Waals surface area contributed by atoms with Gasteiger partial charge in [-0.15, -0.1) is 0 Å². The number of carbonyl (C=O) groups is 1. The lowest BCUT2D eigenvalue weighted by atomic mass is 10.0. The highest BCUT2D eigenvalue weighted by Crippen LogP contribution is 2.24. The Morgan fingerprint density at radius 3 is 2.90 bits per heavy atom. The second-order valence-corrected chi connectivity index (χ2v) is 5.19. The third kappa shape index (κ3) is 3.42. The fourth-order valence-corrected chi connectivity index (χ4v) is 2.47. The van der Waals surface area contributed by atoms with Crippen LogP contribution in [-0.2, 0) is 4.74 Å². The Hall–Kier alpha value is -1.75. The number of benzene rings is 1. The van der Waals surface area contributed by atoms with Gasteiger partial charge in [-0.1, -0.05) is 6.42 Å². The summed E-state index contributed by atoms with van der Waals surface area (Å²) in [5, 5.41) is 0. The van der Waals surface area contributed by atoms with E-state index in [0.717, 1.165) is 13.0 Å². The maximum Gasteiger partial charge on any atom is 0.337 e. The zero-order valence-corrected chi connectivity index (χ0v) is 12.1. The molecule has 1 fully saturated rings. The number of carbonyl (C=O) groups excluding carboxylic acids is 1. The summed E-state index contributed by atoms with van der Waals surface area (Å²) in [6, 6.07) is 5.42. The summed E-state index contributed by atoms with van der Waals surface area (Å²) < 4.78 is 10.5. The molecule has 1 aromatic rings. The highest BCUT2D eigenvalue weighted by molar-refractivity contribution is 5.90. The molecule has 0 spiro atoms. The summed E-state index contributed by atoms with van der Waals surface area (Å²) in [5.74, 6) is 0.229. The van der Waals surface area contributed by atoms with Gasteiger partial charge in [0.1, 0.15) is 12.4 Å². The van der Waals surface area contributed by atoms with Gasteiger partial charge >= 0.3 is 5.97 Å². The predicted molar refractivity (Wildman–Crippen MR) is 78.0 cm³/mol. The number of nitrogens with zero attached hydrogens (tertiary/aromatic N) is 1. The van der Waals surface area contributed by atoms with Crippen molar-refractivity contribution >= 4 is 11.7 Å². The molecule has 2 rings (SSSR count). The molecule has 0 saturated carbocycles. The quantitative estimate of drug-likeness (QED) is 0.673. The van der Waals surface area contributed by atoms with Crippen molar-refractivity contribution in [2.45, 2.75) is 25.3 Å². The SMILES string of the molecule is COC(=O)c1ccc(OCC2CCCCN2C)c(N)c1. The standard InChI is InChI=1S/C15H22N2O3/c1-17-8-4-3-5-12(17)10-20-14-7-6-11(9-13(14)16)15(18)19-2/h6-7,9,12H,3-5,8,10,16H2,1-2H3. The van der Waals surface area contributed by atoms with Crippen molar-refractivity contribution in [1.29, 1.82) is 0 Å². The monoisotopic (exact) mass is 278 g/mol. The van der Waals surface area contributed by atoms with Gasteiger partial charge in [-0.05, 0) is 44.6 Å². The molecule has 1 unspecified atom stereocenters. The van der Waals surface area contributed by atoms with Crippen LogP contribution >= 0.6 is 0 Å². The van der Waals surface area contributed by atoms with Crippen molar-refractivity contribution in [3.05, 3.63) is 23.8 Å². The first-order valence-electron chi connectivity index (χ1n) is 6.92. The van der Waals surface area contributed by atoms with Crippen LogP contribution in [0.25, 0.3) is 0 Å². The number of hydrogen-bond donors (Lipinski definition) is 1. The second-order valence-electron chi connectivity index (χ2n) is 5.19. The molecule has 5 heteroatoms. The Morgan fingerprint density at radius 2 is 2.25 bits per heavy atom. The van der Waals surface area contributed by atoms with Crippen LogP contribution in [0, 0.1) is 0 Å². The third-order valence-electron chi connectivity index (χ3n) is 3.78. The Labute approximate surface area is 119 Å². The average molecular weight is 278 g/mol. The van der Waals surface area contributed by atoms with Crippen molar-refractivity contribution in [2.24, 2.45) is 0 Å². The Morgan fingerprint density at radius 1 is 1.45 bits per heavy atom. The lowest BCUT2D eigenvalue weighted by Crippen LogP contribution is -2.40. The first kappa shape index (κ1) is 14.7. The number of likely N-dealkylation sites (N-methyl/N-ethyl adjacent to an activating group) is 1. The zero-order valence-electron chi connectivity index (χ0n) is 12.1. The van der Waals surface area contributed by atoms with Crippen molar-refractivity contribution in [1.82, 2.24) is 4.90 Å². The number of anilines is 1. The molecule has 1 saturated heterocycles. The van der Waals surface area contributed by atoms with Gasteiger partial charge in [-0.2, -0.15) is 0 Å². The minimum absolute atomic E-state index is 0.393. The van der Waals surface area contributed by atoms with Gasteiger partial charge in [0.05, 0.1) is 18.4 Å². The number of piperidine rings is 1. The van der Waals surface area contributed by atoms with Crippen LogP contribution < -0.4 is 10.5 Å². The van der Waals surface area contributed by atoms with Gasteiger partial charge in [-0.3, -0.25) is 0 Å². The summed E-state index contributed by atoms with van der Waals surface area (Å²) >= 11 is 0. The fourth-order valence-electron chi connectivity index (χ4n) is 2.47. The molecular formula is C15H22N2O3. The number of ether oxygens (including phenoxy) is 2. The van der Waals surface area contributed by atoms with Crippen LogP contribution in [0.2, 0.25) is 0 Å². The van der Waals surface area contributed by atoms with Gasteiger partial charge in [0.25, 0.3) is 0 Å². The van der Waals surface area contributed by atoms with Crippen LogP contribution in [-0.4, -0.2) is 44.2 Å². The number of hydrogen-bond acceptors (Lipinski definition) is 5. The van der Waals surface area contributed by atoms with Crippen LogP contribution in [0.3, 0.4) is 0 Å². The third-order valence-corrected chi connectivity index (χ3v) is 3.78. The van der Waals surface area contributed by atoms with E-state index in [9.17, 15) is 4.79 Å². The van der Waals surface area contributed by atoms with Crippen molar-refractivity contribution in [3.63, 3.8) is 0 Å². The highest BCUT2D eigenvalue weighted by atomic mass is 16.5. The second kappa shape index (κ2) is 6.61. The van der Waals surface area contributed by atoms with E-state index in [-0.39, 0.29) is 0 Å². The number of nitrogen functional groups attached to an aromatic ring is 1. The van der Waals surface area contributed by atoms with E-state index in [4.69, 9.17) is 10.5 Å². The molecule has 0 bridgehead atoms. The van der Waals surface area contributed by atoms with Crippen LogP contribution in [0.4, 0.5) is 5.69 Å². The first-order valence-corrected chi connectivity index (χ1v) is 6.92. The first-order chi connectivity index (χ1) is 9.61. The molecule has 5 nitrogen and oxygen atoms in total. The topological polar surface area (TPSA) is 64.8 Å². The molecule has 1 heterocycles. The molecule has 0 radical (unpaired) electrons. The fraction of sp³-hybridized carbons (Fsp3) is 0.533. The maximum atomic E-state index is 11.4. The molecule has 2 N–H and O–H groups in total. The van der Waals surface area contributed by atoms with Crippen LogP contribution in [0.5, 0.6) is 5.75 Å².